The summed E-state index contributed by atoms with van der Waals surface area (Å²) in [4.78, 5) is 2.68. The van der Waals surface area contributed by atoms with Gasteiger partial charge in [0.15, 0.2) is 0 Å². The summed E-state index contributed by atoms with van der Waals surface area (Å²) < 4.78 is 0. The van der Waals surface area contributed by atoms with Gasteiger partial charge in [0, 0.05) is 35.7 Å². The Morgan fingerprint density at radius 3 is 2.62 bits per heavy atom. The minimum Gasteiger partial charge on any atom is -0.308 e. The van der Waals surface area contributed by atoms with E-state index in [9.17, 15) is 0 Å². The van der Waals surface area contributed by atoms with Crippen molar-refractivity contribution in [3.05, 3.63) is 34.9 Å². The predicted octanol–water partition coefficient (Wildman–Crippen LogP) is 4.23. The van der Waals surface area contributed by atoms with Gasteiger partial charge in [0.25, 0.3) is 0 Å². The Hall–Kier alpha value is -0.570. The molecule has 2 aliphatic rings. The van der Waals surface area contributed by atoms with E-state index in [1.165, 1.54) is 37.7 Å². The van der Waals surface area contributed by atoms with Crippen LogP contribution in [0.3, 0.4) is 0 Å². The molecular formula is C18H27ClN2. The van der Waals surface area contributed by atoms with Crippen LogP contribution < -0.4 is 5.32 Å². The first-order chi connectivity index (χ1) is 10.1. The van der Waals surface area contributed by atoms with Crippen LogP contribution in [-0.4, -0.2) is 29.1 Å². The van der Waals surface area contributed by atoms with E-state index in [2.05, 4.69) is 36.2 Å². The van der Waals surface area contributed by atoms with Gasteiger partial charge in [-0.25, -0.2) is 0 Å². The van der Waals surface area contributed by atoms with Crippen LogP contribution in [0.5, 0.6) is 0 Å². The predicted molar refractivity (Wildman–Crippen MR) is 89.8 cm³/mol. The molecule has 1 saturated heterocycles. The van der Waals surface area contributed by atoms with Gasteiger partial charge < -0.3 is 5.32 Å². The standard InChI is InChI=1S/C18H27ClN2/c1-3-17(2)13-20-18(10-6-7-11-18)14-21(17)12-15-8-4-5-9-16(15)19/h4-5,8-9,20H,3,6-7,10-14H2,1-2H3. The molecule has 1 atom stereocenters. The summed E-state index contributed by atoms with van der Waals surface area (Å²) in [6.07, 6.45) is 6.56. The summed E-state index contributed by atoms with van der Waals surface area (Å²) in [6.45, 7) is 7.90. The van der Waals surface area contributed by atoms with Gasteiger partial charge in [-0.15, -0.1) is 0 Å². The minimum absolute atomic E-state index is 0.229. The van der Waals surface area contributed by atoms with Crippen LogP contribution in [0.25, 0.3) is 0 Å². The molecule has 1 spiro atoms. The number of nitrogens with one attached hydrogen (secondary N) is 1. The second-order valence-corrected chi connectivity index (χ2v) is 7.55. The van der Waals surface area contributed by atoms with Crippen LogP contribution in [0.2, 0.25) is 5.02 Å². The molecule has 0 bridgehead atoms. The van der Waals surface area contributed by atoms with Gasteiger partial charge in [-0.2, -0.15) is 0 Å². The highest BCUT2D eigenvalue weighted by molar-refractivity contribution is 6.31. The van der Waals surface area contributed by atoms with E-state index in [0.717, 1.165) is 24.7 Å². The van der Waals surface area contributed by atoms with Crippen LogP contribution >= 0.6 is 11.6 Å². The molecule has 1 aromatic rings. The summed E-state index contributed by atoms with van der Waals surface area (Å²) in [5.41, 5.74) is 1.84. The van der Waals surface area contributed by atoms with Gasteiger partial charge in [0.05, 0.1) is 0 Å². The lowest BCUT2D eigenvalue weighted by molar-refractivity contribution is 0.00781. The van der Waals surface area contributed by atoms with Gasteiger partial charge in [-0.05, 0) is 37.8 Å². The topological polar surface area (TPSA) is 15.3 Å². The van der Waals surface area contributed by atoms with Gasteiger partial charge in [0.2, 0.25) is 0 Å². The maximum Gasteiger partial charge on any atom is 0.0451 e. The maximum absolute atomic E-state index is 6.39. The Bertz CT molecular complexity index is 496. The number of piperazine rings is 1. The molecule has 21 heavy (non-hydrogen) atoms. The second kappa shape index (κ2) is 5.91. The molecule has 3 heteroatoms. The number of hydrogen-bond acceptors (Lipinski definition) is 2. The van der Waals surface area contributed by atoms with E-state index in [1.807, 2.05) is 12.1 Å². The molecular weight excluding hydrogens is 280 g/mol. The Kier molecular flexibility index (Phi) is 4.31. The lowest BCUT2D eigenvalue weighted by Gasteiger charge is -2.52. The van der Waals surface area contributed by atoms with E-state index in [-0.39, 0.29) is 5.54 Å². The third kappa shape index (κ3) is 2.99. The highest BCUT2D eigenvalue weighted by atomic mass is 35.5. The monoisotopic (exact) mass is 306 g/mol. The molecule has 1 saturated carbocycles. The number of nitrogens with zero attached hydrogens (tertiary/aromatic N) is 1. The Morgan fingerprint density at radius 1 is 1.24 bits per heavy atom. The normalized spacial score (nSPS) is 29.1. The highest BCUT2D eigenvalue weighted by Gasteiger charge is 2.45. The number of benzene rings is 1. The van der Waals surface area contributed by atoms with Crippen LogP contribution in [-0.2, 0) is 6.54 Å². The lowest BCUT2D eigenvalue weighted by Crippen LogP contribution is -2.67. The molecule has 1 aliphatic heterocycles. The third-order valence-electron chi connectivity index (χ3n) is 5.74. The zero-order chi connectivity index (χ0) is 14.9. The minimum atomic E-state index is 0.229. The lowest BCUT2D eigenvalue weighted by atomic mass is 9.84. The molecule has 1 aliphatic carbocycles. The summed E-state index contributed by atoms with van der Waals surface area (Å²) in [7, 11) is 0. The fourth-order valence-electron chi connectivity index (χ4n) is 3.92. The van der Waals surface area contributed by atoms with E-state index in [1.54, 1.807) is 0 Å². The van der Waals surface area contributed by atoms with Crippen LogP contribution in [0.1, 0.15) is 51.5 Å². The van der Waals surface area contributed by atoms with Crippen molar-refractivity contribution in [1.82, 2.24) is 10.2 Å². The van der Waals surface area contributed by atoms with Crippen LogP contribution in [0, 0.1) is 0 Å². The first kappa shape index (κ1) is 15.3. The highest BCUT2D eigenvalue weighted by Crippen LogP contribution is 2.37. The molecule has 1 unspecified atom stereocenters. The van der Waals surface area contributed by atoms with Crippen molar-refractivity contribution in [3.63, 3.8) is 0 Å². The average molecular weight is 307 g/mol. The van der Waals surface area contributed by atoms with Crippen molar-refractivity contribution < 1.29 is 0 Å². The Balaban J connectivity index is 1.82. The Labute approximate surface area is 133 Å². The SMILES string of the molecule is CCC1(C)CNC2(CCCC2)CN1Cc1ccccc1Cl. The van der Waals surface area contributed by atoms with Gasteiger partial charge >= 0.3 is 0 Å². The van der Waals surface area contributed by atoms with E-state index in [4.69, 9.17) is 11.6 Å². The quantitative estimate of drug-likeness (QED) is 0.899. The average Bonchev–Trinajstić information content (AvgIpc) is 2.94. The third-order valence-corrected chi connectivity index (χ3v) is 6.11. The number of hydrogen-bond donors (Lipinski definition) is 1. The molecule has 0 aromatic heterocycles. The molecule has 1 aromatic carbocycles. The Morgan fingerprint density at radius 2 is 1.95 bits per heavy atom. The molecule has 3 rings (SSSR count). The van der Waals surface area contributed by atoms with Gasteiger partial charge in [-0.1, -0.05) is 49.6 Å². The van der Waals surface area contributed by atoms with Crippen molar-refractivity contribution in [2.24, 2.45) is 0 Å². The molecule has 2 nitrogen and oxygen atoms in total. The smallest absolute Gasteiger partial charge is 0.0451 e. The first-order valence-electron chi connectivity index (χ1n) is 8.30. The zero-order valence-electron chi connectivity index (χ0n) is 13.3. The molecule has 1 heterocycles. The number of rotatable bonds is 3. The molecule has 0 amide bonds. The van der Waals surface area contributed by atoms with Crippen LogP contribution in [0.15, 0.2) is 24.3 Å². The summed E-state index contributed by atoms with van der Waals surface area (Å²) in [6, 6.07) is 8.29. The van der Waals surface area contributed by atoms with Crippen molar-refractivity contribution in [2.75, 3.05) is 13.1 Å². The second-order valence-electron chi connectivity index (χ2n) is 7.14. The molecule has 116 valence electrons. The molecule has 0 radical (unpaired) electrons. The molecule has 2 fully saturated rings. The fourth-order valence-corrected chi connectivity index (χ4v) is 4.11. The van der Waals surface area contributed by atoms with Crippen molar-refractivity contribution in [2.45, 2.75) is 63.6 Å². The number of halogens is 1. The van der Waals surface area contributed by atoms with Crippen molar-refractivity contribution >= 4 is 11.6 Å². The maximum atomic E-state index is 6.39. The fraction of sp³-hybridized carbons (Fsp3) is 0.667. The summed E-state index contributed by atoms with van der Waals surface area (Å²) in [5, 5.41) is 4.79. The largest absolute Gasteiger partial charge is 0.308 e. The van der Waals surface area contributed by atoms with E-state index >= 15 is 0 Å². The summed E-state index contributed by atoms with van der Waals surface area (Å²) in [5.74, 6) is 0. The van der Waals surface area contributed by atoms with Crippen molar-refractivity contribution in [1.29, 1.82) is 0 Å². The van der Waals surface area contributed by atoms with Crippen LogP contribution in [0.4, 0.5) is 0 Å². The first-order valence-corrected chi connectivity index (χ1v) is 8.68. The molecule has 1 N–H and O–H groups in total. The van der Waals surface area contributed by atoms with Gasteiger partial charge in [0.1, 0.15) is 0 Å². The van der Waals surface area contributed by atoms with E-state index in [0.29, 0.717) is 5.54 Å². The van der Waals surface area contributed by atoms with Crippen molar-refractivity contribution in [3.8, 4) is 0 Å². The summed E-state index contributed by atoms with van der Waals surface area (Å²) >= 11 is 6.39. The van der Waals surface area contributed by atoms with Gasteiger partial charge in [-0.3, -0.25) is 4.90 Å². The van der Waals surface area contributed by atoms with E-state index < -0.39 is 0 Å². The zero-order valence-corrected chi connectivity index (χ0v) is 14.0.